The maximum atomic E-state index is 4.05. The molecule has 2 aliphatic carbocycles. The third kappa shape index (κ3) is 2.98. The van der Waals surface area contributed by atoms with Gasteiger partial charge in [0.2, 0.25) is 0 Å². The molecule has 0 saturated heterocycles. The largest absolute Gasteiger partial charge is 0.103 e. The first kappa shape index (κ1) is 19.3. The molecule has 0 radical (unpaired) electrons. The van der Waals surface area contributed by atoms with Crippen molar-refractivity contribution in [3.63, 3.8) is 0 Å². The van der Waals surface area contributed by atoms with Crippen LogP contribution in [0.5, 0.6) is 0 Å². The SMILES string of the molecule is C=CCCC(CC1c2ccccc2-c2ccccc21)C1c2ccccc2-c2ccccc21. The number of fused-ring (bicyclic) bond motifs is 6. The molecule has 1 atom stereocenters. The van der Waals surface area contributed by atoms with Crippen molar-refractivity contribution in [3.8, 4) is 22.3 Å². The monoisotopic (exact) mass is 412 g/mol. The zero-order valence-electron chi connectivity index (χ0n) is 18.4. The standard InChI is InChI=1S/C32H28/c1-2-3-12-22(32-29-19-10-8-15-25(29)26-16-9-11-20-30(26)32)21-31-27-17-6-4-13-23(27)24-14-5-7-18-28(24)31/h2,4-11,13-20,22,31-32H,1,3,12,21H2. The highest BCUT2D eigenvalue weighted by Gasteiger charge is 2.37. The Kier molecular flexibility index (Phi) is 4.80. The van der Waals surface area contributed by atoms with E-state index in [0.29, 0.717) is 17.8 Å². The first-order valence-corrected chi connectivity index (χ1v) is 11.8. The smallest absolute Gasteiger partial charge is 0.0130 e. The van der Waals surface area contributed by atoms with E-state index < -0.39 is 0 Å². The molecular weight excluding hydrogens is 384 g/mol. The summed E-state index contributed by atoms with van der Waals surface area (Å²) in [6.45, 7) is 4.05. The summed E-state index contributed by atoms with van der Waals surface area (Å²) in [5, 5.41) is 0. The topological polar surface area (TPSA) is 0 Å². The molecule has 0 aliphatic heterocycles. The summed E-state index contributed by atoms with van der Waals surface area (Å²) < 4.78 is 0. The fraction of sp³-hybridized carbons (Fsp3) is 0.188. The van der Waals surface area contributed by atoms with Gasteiger partial charge in [-0.1, -0.05) is 103 Å². The van der Waals surface area contributed by atoms with E-state index in [-0.39, 0.29) is 0 Å². The highest BCUT2D eigenvalue weighted by atomic mass is 14.4. The van der Waals surface area contributed by atoms with Gasteiger partial charge in [0.25, 0.3) is 0 Å². The quantitative estimate of drug-likeness (QED) is 0.278. The fourth-order valence-corrected chi connectivity index (χ4v) is 6.27. The molecule has 6 rings (SSSR count). The third-order valence-corrected chi connectivity index (χ3v) is 7.60. The van der Waals surface area contributed by atoms with Crippen molar-refractivity contribution < 1.29 is 0 Å². The van der Waals surface area contributed by atoms with Crippen molar-refractivity contribution in [2.24, 2.45) is 5.92 Å². The molecule has 156 valence electrons. The molecule has 0 spiro atoms. The van der Waals surface area contributed by atoms with E-state index in [1.807, 2.05) is 0 Å². The van der Waals surface area contributed by atoms with Gasteiger partial charge in [-0.2, -0.15) is 0 Å². The molecule has 0 amide bonds. The van der Waals surface area contributed by atoms with Crippen molar-refractivity contribution in [3.05, 3.63) is 132 Å². The summed E-state index contributed by atoms with van der Waals surface area (Å²) in [7, 11) is 0. The molecule has 32 heavy (non-hydrogen) atoms. The van der Waals surface area contributed by atoms with Gasteiger partial charge in [0.05, 0.1) is 0 Å². The Morgan fingerprint density at radius 1 is 0.594 bits per heavy atom. The van der Waals surface area contributed by atoms with Crippen molar-refractivity contribution in [1.82, 2.24) is 0 Å². The number of rotatable bonds is 6. The van der Waals surface area contributed by atoms with Crippen LogP contribution in [0, 0.1) is 5.92 Å². The summed E-state index contributed by atoms with van der Waals surface area (Å²) in [6.07, 6.45) is 5.48. The molecule has 0 nitrogen and oxygen atoms in total. The van der Waals surface area contributed by atoms with Gasteiger partial charge in [-0.25, -0.2) is 0 Å². The highest BCUT2D eigenvalue weighted by molar-refractivity contribution is 5.80. The summed E-state index contributed by atoms with van der Waals surface area (Å²) in [6, 6.07) is 36.2. The lowest BCUT2D eigenvalue weighted by Crippen LogP contribution is -2.16. The van der Waals surface area contributed by atoms with Gasteiger partial charge in [0, 0.05) is 11.8 Å². The molecule has 0 fully saturated rings. The first-order chi connectivity index (χ1) is 15.9. The minimum atomic E-state index is 0.447. The molecule has 0 heteroatoms. The van der Waals surface area contributed by atoms with E-state index in [1.165, 1.54) is 44.5 Å². The summed E-state index contributed by atoms with van der Waals surface area (Å²) in [5.74, 6) is 1.46. The minimum Gasteiger partial charge on any atom is -0.103 e. The van der Waals surface area contributed by atoms with Crippen LogP contribution in [0.25, 0.3) is 22.3 Å². The molecule has 0 heterocycles. The molecule has 1 unspecified atom stereocenters. The molecule has 4 aromatic rings. The van der Waals surface area contributed by atoms with E-state index in [4.69, 9.17) is 0 Å². The van der Waals surface area contributed by atoms with Crippen molar-refractivity contribution >= 4 is 0 Å². The van der Waals surface area contributed by atoms with Gasteiger partial charge < -0.3 is 0 Å². The van der Waals surface area contributed by atoms with Crippen LogP contribution in [-0.4, -0.2) is 0 Å². The van der Waals surface area contributed by atoms with E-state index in [2.05, 4.69) is 110 Å². The van der Waals surface area contributed by atoms with Gasteiger partial charge in [-0.05, 0) is 69.7 Å². The number of hydrogen-bond acceptors (Lipinski definition) is 0. The molecular formula is C32H28. The fourth-order valence-electron chi connectivity index (χ4n) is 6.27. The molecule has 2 aliphatic rings. The Hall–Kier alpha value is -3.38. The van der Waals surface area contributed by atoms with Gasteiger partial charge >= 0.3 is 0 Å². The predicted octanol–water partition coefficient (Wildman–Crippen LogP) is 8.58. The van der Waals surface area contributed by atoms with Crippen molar-refractivity contribution in [2.75, 3.05) is 0 Å². The van der Waals surface area contributed by atoms with Gasteiger partial charge in [-0.15, -0.1) is 6.58 Å². The number of allylic oxidation sites excluding steroid dienone is 1. The van der Waals surface area contributed by atoms with Crippen LogP contribution < -0.4 is 0 Å². The van der Waals surface area contributed by atoms with Crippen LogP contribution in [-0.2, 0) is 0 Å². The summed E-state index contributed by atoms with van der Waals surface area (Å²) >= 11 is 0. The summed E-state index contributed by atoms with van der Waals surface area (Å²) in [4.78, 5) is 0. The Bertz CT molecular complexity index is 1200. The van der Waals surface area contributed by atoms with Crippen LogP contribution in [0.1, 0.15) is 53.4 Å². The highest BCUT2D eigenvalue weighted by Crippen LogP contribution is 2.54. The predicted molar refractivity (Wildman–Crippen MR) is 135 cm³/mol. The Morgan fingerprint density at radius 2 is 1.00 bits per heavy atom. The number of benzene rings is 4. The van der Waals surface area contributed by atoms with Crippen LogP contribution in [0.2, 0.25) is 0 Å². The van der Waals surface area contributed by atoms with Crippen molar-refractivity contribution in [1.29, 1.82) is 0 Å². The molecule has 0 N–H and O–H groups in total. The van der Waals surface area contributed by atoms with Crippen LogP contribution in [0.15, 0.2) is 110 Å². The Balaban J connectivity index is 1.46. The van der Waals surface area contributed by atoms with Crippen LogP contribution >= 0.6 is 0 Å². The minimum absolute atomic E-state index is 0.447. The zero-order valence-corrected chi connectivity index (χ0v) is 18.4. The van der Waals surface area contributed by atoms with Crippen LogP contribution in [0.3, 0.4) is 0 Å². The molecule has 0 saturated carbocycles. The molecule has 4 aromatic carbocycles. The Labute approximate surface area is 191 Å². The lowest BCUT2D eigenvalue weighted by atomic mass is 9.75. The van der Waals surface area contributed by atoms with Gasteiger partial charge in [-0.3, -0.25) is 0 Å². The summed E-state index contributed by atoms with van der Waals surface area (Å²) in [5.41, 5.74) is 11.7. The second-order valence-electron chi connectivity index (χ2n) is 9.24. The zero-order chi connectivity index (χ0) is 21.5. The lowest BCUT2D eigenvalue weighted by Gasteiger charge is -2.29. The third-order valence-electron chi connectivity index (χ3n) is 7.60. The average Bonchev–Trinajstić information content (AvgIpc) is 3.35. The second-order valence-corrected chi connectivity index (χ2v) is 9.24. The first-order valence-electron chi connectivity index (χ1n) is 11.8. The molecule has 0 bridgehead atoms. The van der Waals surface area contributed by atoms with Gasteiger partial charge in [0.15, 0.2) is 0 Å². The van der Waals surface area contributed by atoms with Crippen LogP contribution in [0.4, 0.5) is 0 Å². The van der Waals surface area contributed by atoms with E-state index >= 15 is 0 Å². The maximum Gasteiger partial charge on any atom is 0.0130 e. The lowest BCUT2D eigenvalue weighted by molar-refractivity contribution is 0.394. The normalized spacial score (nSPS) is 15.0. The average molecular weight is 413 g/mol. The van der Waals surface area contributed by atoms with Crippen molar-refractivity contribution in [2.45, 2.75) is 31.1 Å². The maximum absolute atomic E-state index is 4.05. The van der Waals surface area contributed by atoms with E-state index in [1.54, 1.807) is 0 Å². The van der Waals surface area contributed by atoms with E-state index in [9.17, 15) is 0 Å². The van der Waals surface area contributed by atoms with Gasteiger partial charge in [0.1, 0.15) is 0 Å². The molecule has 0 aromatic heterocycles. The second kappa shape index (κ2) is 7.95. The Morgan fingerprint density at radius 3 is 1.47 bits per heavy atom. The van der Waals surface area contributed by atoms with E-state index in [0.717, 1.165) is 19.3 Å². The number of hydrogen-bond donors (Lipinski definition) is 0.